The summed E-state index contributed by atoms with van der Waals surface area (Å²) < 4.78 is 21.6. The van der Waals surface area contributed by atoms with Crippen LogP contribution in [0.15, 0.2) is 12.4 Å². The number of halogens is 1. The van der Waals surface area contributed by atoms with Crippen molar-refractivity contribution in [3.05, 3.63) is 23.9 Å². The molecule has 9 heteroatoms. The molecule has 2 bridgehead atoms. The number of anilines is 2. The van der Waals surface area contributed by atoms with Crippen LogP contribution < -0.4 is 10.1 Å². The molecule has 2 N–H and O–H groups in total. The standard InChI is InChI=1S/C21H27FN6O2/c1-14-16(11-28(27-14)19(2,3)12-23)25-18-24-10-15(22)17(26-18)30-13-20-4-7-21(29,8-5-20)9-6-20/h10-11,29H,4-9,13H2,1-3H3,(H,24,25,26). The minimum Gasteiger partial charge on any atom is -0.475 e. The highest BCUT2D eigenvalue weighted by atomic mass is 19.1. The number of ether oxygens (including phenoxy) is 1. The molecule has 0 saturated heterocycles. The van der Waals surface area contributed by atoms with Crippen LogP contribution in [0, 0.1) is 29.5 Å². The number of aromatic nitrogens is 4. The summed E-state index contributed by atoms with van der Waals surface area (Å²) in [6, 6.07) is 2.20. The van der Waals surface area contributed by atoms with E-state index in [0.717, 1.165) is 44.7 Å². The summed E-state index contributed by atoms with van der Waals surface area (Å²) in [5, 5.41) is 27.1. The SMILES string of the molecule is Cc1nn(C(C)(C)C#N)cc1Nc1ncc(F)c(OCC23CCC(O)(CC2)CC3)n1. The second-order valence-corrected chi connectivity index (χ2v) is 9.23. The molecule has 3 aliphatic carbocycles. The number of nitrogens with one attached hydrogen (secondary N) is 1. The van der Waals surface area contributed by atoms with Crippen LogP contribution in [0.25, 0.3) is 0 Å². The van der Waals surface area contributed by atoms with Crippen molar-refractivity contribution in [1.29, 1.82) is 5.26 Å². The van der Waals surface area contributed by atoms with Gasteiger partial charge in [-0.1, -0.05) is 0 Å². The molecule has 2 heterocycles. The van der Waals surface area contributed by atoms with Crippen LogP contribution >= 0.6 is 0 Å². The molecular weight excluding hydrogens is 387 g/mol. The van der Waals surface area contributed by atoms with E-state index in [-0.39, 0.29) is 17.2 Å². The van der Waals surface area contributed by atoms with Gasteiger partial charge in [-0.2, -0.15) is 19.7 Å². The lowest BCUT2D eigenvalue weighted by molar-refractivity contribution is -0.104. The third kappa shape index (κ3) is 3.84. The van der Waals surface area contributed by atoms with Crippen LogP contribution in [0.3, 0.4) is 0 Å². The highest BCUT2D eigenvalue weighted by Gasteiger charge is 2.48. The number of hydrogen-bond acceptors (Lipinski definition) is 7. The van der Waals surface area contributed by atoms with Gasteiger partial charge in [0.1, 0.15) is 5.54 Å². The Morgan fingerprint density at radius 1 is 1.30 bits per heavy atom. The molecule has 3 fully saturated rings. The average Bonchev–Trinajstić information content (AvgIpc) is 3.11. The number of aryl methyl sites for hydroxylation is 1. The summed E-state index contributed by atoms with van der Waals surface area (Å²) >= 11 is 0. The summed E-state index contributed by atoms with van der Waals surface area (Å²) in [6.07, 6.45) is 7.77. The molecule has 2 aromatic heterocycles. The first-order valence-corrected chi connectivity index (χ1v) is 10.3. The maximum atomic E-state index is 14.3. The van der Waals surface area contributed by atoms with E-state index in [1.807, 2.05) is 0 Å². The third-order valence-corrected chi connectivity index (χ3v) is 6.58. The lowest BCUT2D eigenvalue weighted by Gasteiger charge is -2.50. The van der Waals surface area contributed by atoms with Gasteiger partial charge >= 0.3 is 0 Å². The van der Waals surface area contributed by atoms with Gasteiger partial charge < -0.3 is 15.2 Å². The molecule has 8 nitrogen and oxygen atoms in total. The quantitative estimate of drug-likeness (QED) is 0.743. The lowest BCUT2D eigenvalue weighted by atomic mass is 9.59. The van der Waals surface area contributed by atoms with Crippen LogP contribution in [0.4, 0.5) is 16.0 Å². The predicted octanol–water partition coefficient (Wildman–Crippen LogP) is 3.59. The number of aliphatic hydroxyl groups is 1. The molecule has 2 aromatic rings. The molecule has 160 valence electrons. The van der Waals surface area contributed by atoms with Crippen molar-refractivity contribution in [1.82, 2.24) is 19.7 Å². The second-order valence-electron chi connectivity index (χ2n) is 9.23. The van der Waals surface area contributed by atoms with Crippen LogP contribution in [0.2, 0.25) is 0 Å². The zero-order chi connectivity index (χ0) is 21.6. The van der Waals surface area contributed by atoms with Gasteiger partial charge in [-0.05, 0) is 59.3 Å². The van der Waals surface area contributed by atoms with E-state index in [4.69, 9.17) is 4.74 Å². The van der Waals surface area contributed by atoms with Crippen LogP contribution in [-0.4, -0.2) is 37.1 Å². The first-order chi connectivity index (χ1) is 14.1. The highest BCUT2D eigenvalue weighted by Crippen LogP contribution is 2.52. The van der Waals surface area contributed by atoms with E-state index in [2.05, 4.69) is 26.5 Å². The number of rotatable bonds is 6. The van der Waals surface area contributed by atoms with Gasteiger partial charge in [0, 0.05) is 5.41 Å². The van der Waals surface area contributed by atoms with Crippen molar-refractivity contribution in [2.24, 2.45) is 5.41 Å². The Balaban J connectivity index is 1.47. The molecule has 0 aromatic carbocycles. The molecule has 0 spiro atoms. The number of hydrogen-bond donors (Lipinski definition) is 2. The largest absolute Gasteiger partial charge is 0.475 e. The molecule has 3 aliphatic rings. The Morgan fingerprint density at radius 2 is 1.97 bits per heavy atom. The average molecular weight is 414 g/mol. The number of nitriles is 1. The summed E-state index contributed by atoms with van der Waals surface area (Å²) in [7, 11) is 0. The summed E-state index contributed by atoms with van der Waals surface area (Å²) in [6.45, 7) is 5.71. The molecule has 5 rings (SSSR count). The topological polar surface area (TPSA) is 109 Å². The molecule has 0 atom stereocenters. The lowest BCUT2D eigenvalue weighted by Crippen LogP contribution is -2.48. The number of nitrogens with zero attached hydrogens (tertiary/aromatic N) is 5. The fourth-order valence-corrected chi connectivity index (χ4v) is 4.24. The van der Waals surface area contributed by atoms with Gasteiger partial charge in [0.2, 0.25) is 11.8 Å². The predicted molar refractivity (Wildman–Crippen MR) is 108 cm³/mol. The van der Waals surface area contributed by atoms with Crippen molar-refractivity contribution < 1.29 is 14.2 Å². The smallest absolute Gasteiger partial charge is 0.255 e. The van der Waals surface area contributed by atoms with Crippen molar-refractivity contribution >= 4 is 11.6 Å². The zero-order valence-corrected chi connectivity index (χ0v) is 17.6. The van der Waals surface area contributed by atoms with Crippen molar-refractivity contribution in [2.75, 3.05) is 11.9 Å². The summed E-state index contributed by atoms with van der Waals surface area (Å²) in [5.41, 5.74) is -0.0243. The Morgan fingerprint density at radius 3 is 2.60 bits per heavy atom. The van der Waals surface area contributed by atoms with Crippen molar-refractivity contribution in [3.8, 4) is 11.9 Å². The molecular formula is C21H27FN6O2. The normalized spacial score (nSPS) is 25.7. The first-order valence-electron chi connectivity index (χ1n) is 10.3. The fraction of sp³-hybridized carbons (Fsp3) is 0.619. The monoisotopic (exact) mass is 414 g/mol. The molecule has 0 unspecified atom stereocenters. The van der Waals surface area contributed by atoms with E-state index < -0.39 is 17.0 Å². The minimum absolute atomic E-state index is 0.0178. The van der Waals surface area contributed by atoms with E-state index >= 15 is 0 Å². The molecule has 0 amide bonds. The maximum Gasteiger partial charge on any atom is 0.255 e. The van der Waals surface area contributed by atoms with Crippen LogP contribution in [0.5, 0.6) is 5.88 Å². The van der Waals surface area contributed by atoms with E-state index in [1.54, 1.807) is 31.6 Å². The Labute approximate surface area is 175 Å². The fourth-order valence-electron chi connectivity index (χ4n) is 4.24. The molecule has 0 aliphatic heterocycles. The maximum absolute atomic E-state index is 14.3. The third-order valence-electron chi connectivity index (χ3n) is 6.58. The van der Waals surface area contributed by atoms with E-state index in [0.29, 0.717) is 18.0 Å². The van der Waals surface area contributed by atoms with Gasteiger partial charge in [0.05, 0.1) is 42.1 Å². The van der Waals surface area contributed by atoms with Crippen LogP contribution in [0.1, 0.15) is 58.1 Å². The van der Waals surface area contributed by atoms with Gasteiger partial charge in [0.15, 0.2) is 0 Å². The Hall–Kier alpha value is -2.73. The minimum atomic E-state index is -0.798. The first kappa shape index (κ1) is 20.5. The van der Waals surface area contributed by atoms with Gasteiger partial charge in [0.25, 0.3) is 5.88 Å². The highest BCUT2D eigenvalue weighted by molar-refractivity contribution is 5.55. The van der Waals surface area contributed by atoms with E-state index in [9.17, 15) is 14.8 Å². The zero-order valence-electron chi connectivity index (χ0n) is 17.6. The Kier molecular flexibility index (Phi) is 4.93. The van der Waals surface area contributed by atoms with Crippen molar-refractivity contribution in [2.45, 2.75) is 70.4 Å². The molecule has 3 saturated carbocycles. The number of fused-ring (bicyclic) bond motifs is 3. The molecule has 30 heavy (non-hydrogen) atoms. The van der Waals surface area contributed by atoms with Gasteiger partial charge in [-0.15, -0.1) is 0 Å². The molecule has 0 radical (unpaired) electrons. The van der Waals surface area contributed by atoms with Gasteiger partial charge in [-0.25, -0.2) is 4.98 Å². The second kappa shape index (κ2) is 7.20. The summed E-state index contributed by atoms with van der Waals surface area (Å²) in [5.74, 6) is -0.503. The Bertz CT molecular complexity index is 971. The van der Waals surface area contributed by atoms with E-state index in [1.165, 1.54) is 0 Å². The van der Waals surface area contributed by atoms with Crippen LogP contribution in [-0.2, 0) is 5.54 Å². The summed E-state index contributed by atoms with van der Waals surface area (Å²) in [4.78, 5) is 8.21. The van der Waals surface area contributed by atoms with Gasteiger partial charge in [-0.3, -0.25) is 4.68 Å². The van der Waals surface area contributed by atoms with Crippen molar-refractivity contribution in [3.63, 3.8) is 0 Å².